The Labute approximate surface area is 253 Å². The number of nitrogens with one attached hydrogen (secondary N) is 3. The normalized spacial score (nSPS) is 33.3. The lowest BCUT2D eigenvalue weighted by molar-refractivity contribution is 0.1000. The molecule has 1 aromatic carbocycles. The van der Waals surface area contributed by atoms with Crippen molar-refractivity contribution in [3.05, 3.63) is 75.8 Å². The average molecular weight is 585 g/mol. The molecule has 10 heteroatoms. The van der Waals surface area contributed by atoms with Crippen LogP contribution in [0, 0.1) is 40.9 Å². The monoisotopic (exact) mass is 584 g/mol. The minimum atomic E-state index is -0.626. The number of piperidine rings is 1. The van der Waals surface area contributed by atoms with Gasteiger partial charge in [-0.3, -0.25) is 9.78 Å². The van der Waals surface area contributed by atoms with E-state index in [9.17, 15) is 14.9 Å². The first-order chi connectivity index (χ1) is 20.5. The van der Waals surface area contributed by atoms with Crippen LogP contribution in [0.4, 0.5) is 0 Å². The smallest absolute Gasteiger partial charge is 0.340 e. The van der Waals surface area contributed by atoms with Crippen molar-refractivity contribution in [3.8, 4) is 6.07 Å². The predicted octanol–water partition coefficient (Wildman–Crippen LogP) is 3.05. The molecule has 43 heavy (non-hydrogen) atoms. The molecule has 0 radical (unpaired) electrons. The number of nitrogens with zero attached hydrogens (tertiary/aromatic N) is 3. The molecule has 9 atom stereocenters. The summed E-state index contributed by atoms with van der Waals surface area (Å²) in [5.41, 5.74) is 15.3. The molecule has 7 N–H and O–H groups in total. The van der Waals surface area contributed by atoms with Gasteiger partial charge in [-0.05, 0) is 105 Å². The molecule has 0 bridgehead atoms. The largest absolute Gasteiger partial charge is 0.402 e. The Balaban J connectivity index is 1.36. The standard InChI is InChI=1S/C33H44N8O2/c1-17(37-16-18(2)41-25(15-34)13-26-19(3)29(26)41)14-33(31-38-32(43)40-39-31)27-9-7-21(20(4)35)11-22(27)5-6-23-12-24(30(36)42)8-10-28(23)33/h8,10,12,17,19,21-22,25-27,29,37H,2,4-7,9,11,13-14,16,35H2,1,3H3,(H2,36,42)(H2,38,39,40,43)/t17-,19-,21?,22?,25?,26+,27?,29-,33?/m0/s1. The highest BCUT2D eigenvalue weighted by Gasteiger charge is 2.59. The zero-order chi connectivity index (χ0) is 30.6. The summed E-state index contributed by atoms with van der Waals surface area (Å²) in [4.78, 5) is 30.1. The van der Waals surface area contributed by atoms with Crippen molar-refractivity contribution < 1.29 is 4.79 Å². The number of rotatable bonds is 9. The SMILES string of the molecule is C=C(N)C1CCC2C(CCc3cc(C(N)=O)ccc3C2(C[C@H](C)NCC(=C)N2C(C#N)C[C@@H]3[C@H](C)[C@@H]32)c2n[nH]c(=O)[nH]2)C1. The van der Waals surface area contributed by atoms with Gasteiger partial charge in [-0.2, -0.15) is 10.4 Å². The van der Waals surface area contributed by atoms with Crippen LogP contribution in [0.1, 0.15) is 79.7 Å². The van der Waals surface area contributed by atoms with E-state index in [0.29, 0.717) is 48.1 Å². The highest BCUT2D eigenvalue weighted by molar-refractivity contribution is 5.93. The first kappa shape index (κ1) is 29.2. The average Bonchev–Trinajstić information content (AvgIpc) is 3.28. The highest BCUT2D eigenvalue weighted by atomic mass is 16.1. The molecule has 3 fully saturated rings. The topological polar surface area (TPSA) is 170 Å². The number of aromatic nitrogens is 3. The maximum absolute atomic E-state index is 12.6. The molecule has 228 valence electrons. The number of fused-ring (bicyclic) bond motifs is 3. The van der Waals surface area contributed by atoms with Gasteiger partial charge in [0, 0.05) is 35.6 Å². The van der Waals surface area contributed by atoms with Crippen molar-refractivity contribution in [2.24, 2.45) is 41.1 Å². The number of nitrogens with two attached hydrogens (primary N) is 2. The van der Waals surface area contributed by atoms with Crippen molar-refractivity contribution in [2.75, 3.05) is 6.54 Å². The van der Waals surface area contributed by atoms with E-state index in [1.807, 2.05) is 12.1 Å². The fourth-order valence-electron chi connectivity index (χ4n) is 9.04. The number of amides is 1. The third kappa shape index (κ3) is 4.97. The molecule has 4 aliphatic rings. The summed E-state index contributed by atoms with van der Waals surface area (Å²) in [5, 5.41) is 20.7. The first-order valence-corrected chi connectivity index (χ1v) is 15.7. The molecule has 2 aromatic rings. The second-order valence-electron chi connectivity index (χ2n) is 13.6. The Morgan fingerprint density at radius 2 is 2.07 bits per heavy atom. The lowest BCUT2D eigenvalue weighted by atomic mass is 9.57. The summed E-state index contributed by atoms with van der Waals surface area (Å²) in [6.07, 6.45) is 6.07. The van der Waals surface area contributed by atoms with E-state index in [1.165, 1.54) is 0 Å². The van der Waals surface area contributed by atoms with E-state index in [1.54, 1.807) is 6.07 Å². The van der Waals surface area contributed by atoms with Crippen LogP contribution in [0.2, 0.25) is 0 Å². The summed E-state index contributed by atoms with van der Waals surface area (Å²) >= 11 is 0. The molecule has 2 saturated carbocycles. The minimum Gasteiger partial charge on any atom is -0.402 e. The number of allylic oxidation sites excluding steroid dienone is 1. The van der Waals surface area contributed by atoms with Gasteiger partial charge in [0.25, 0.3) is 0 Å². The van der Waals surface area contributed by atoms with Gasteiger partial charge in [-0.1, -0.05) is 26.1 Å². The maximum Gasteiger partial charge on any atom is 0.340 e. The summed E-state index contributed by atoms with van der Waals surface area (Å²) in [6.45, 7) is 13.5. The molecule has 0 spiro atoms. The summed E-state index contributed by atoms with van der Waals surface area (Å²) in [7, 11) is 0. The van der Waals surface area contributed by atoms with E-state index in [-0.39, 0.29) is 29.6 Å². The maximum atomic E-state index is 12.6. The summed E-state index contributed by atoms with van der Waals surface area (Å²) < 4.78 is 0. The zero-order valence-corrected chi connectivity index (χ0v) is 25.2. The number of H-pyrrole nitrogens is 2. The van der Waals surface area contributed by atoms with Gasteiger partial charge in [0.1, 0.15) is 11.9 Å². The third-order valence-corrected chi connectivity index (χ3v) is 11.2. The Kier molecular flexibility index (Phi) is 7.49. The number of likely N-dealkylation sites (tertiary alicyclic amines) is 1. The van der Waals surface area contributed by atoms with Crippen molar-refractivity contribution in [1.29, 1.82) is 5.26 Å². The minimum absolute atomic E-state index is 0.0112. The second kappa shape index (κ2) is 11.0. The molecular weight excluding hydrogens is 540 g/mol. The van der Waals surface area contributed by atoms with Gasteiger partial charge < -0.3 is 21.7 Å². The number of aromatic amines is 2. The summed E-state index contributed by atoms with van der Waals surface area (Å²) in [5.74, 6) is 2.11. The highest BCUT2D eigenvalue weighted by Crippen LogP contribution is 2.56. The number of hydrogen-bond donors (Lipinski definition) is 5. The molecule has 10 nitrogen and oxygen atoms in total. The van der Waals surface area contributed by atoms with Crippen LogP contribution >= 0.6 is 0 Å². The number of primary amides is 1. The molecule has 6 rings (SSSR count). The van der Waals surface area contributed by atoms with Crippen LogP contribution in [-0.2, 0) is 11.8 Å². The fourth-order valence-corrected chi connectivity index (χ4v) is 9.04. The first-order valence-electron chi connectivity index (χ1n) is 15.7. The van der Waals surface area contributed by atoms with Crippen LogP contribution in [0.3, 0.4) is 0 Å². The van der Waals surface area contributed by atoms with Crippen molar-refractivity contribution >= 4 is 5.91 Å². The van der Waals surface area contributed by atoms with Crippen LogP contribution < -0.4 is 22.5 Å². The molecular formula is C33H44N8O2. The Morgan fingerprint density at radius 3 is 2.74 bits per heavy atom. The second-order valence-corrected chi connectivity index (χ2v) is 13.6. The summed E-state index contributed by atoms with van der Waals surface area (Å²) in [6, 6.07) is 8.55. The Hall–Kier alpha value is -3.84. The van der Waals surface area contributed by atoms with E-state index in [2.05, 4.69) is 58.5 Å². The number of hydrogen-bond acceptors (Lipinski definition) is 7. The van der Waals surface area contributed by atoms with E-state index >= 15 is 0 Å². The van der Waals surface area contributed by atoms with Crippen LogP contribution in [0.25, 0.3) is 0 Å². The van der Waals surface area contributed by atoms with Crippen molar-refractivity contribution in [2.45, 2.75) is 82.3 Å². The van der Waals surface area contributed by atoms with E-state index in [4.69, 9.17) is 11.5 Å². The van der Waals surface area contributed by atoms with Gasteiger partial charge in [-0.15, -0.1) is 0 Å². The Bertz CT molecular complexity index is 1540. The molecule has 5 unspecified atom stereocenters. The quantitative estimate of drug-likeness (QED) is 0.302. The van der Waals surface area contributed by atoms with Crippen molar-refractivity contribution in [3.63, 3.8) is 0 Å². The molecule has 1 aliphatic heterocycles. The zero-order valence-electron chi connectivity index (χ0n) is 25.2. The van der Waals surface area contributed by atoms with Gasteiger partial charge in [0.2, 0.25) is 5.91 Å². The molecule has 3 aliphatic carbocycles. The van der Waals surface area contributed by atoms with Gasteiger partial charge >= 0.3 is 5.69 Å². The molecule has 1 saturated heterocycles. The number of nitriles is 1. The lowest BCUT2D eigenvalue weighted by Crippen LogP contribution is -2.48. The lowest BCUT2D eigenvalue weighted by Gasteiger charge is -2.47. The van der Waals surface area contributed by atoms with E-state index in [0.717, 1.165) is 61.0 Å². The number of benzene rings is 1. The fraction of sp³-hybridized carbons (Fsp3) is 0.576. The molecule has 2 heterocycles. The van der Waals surface area contributed by atoms with Crippen LogP contribution in [0.5, 0.6) is 0 Å². The molecule has 1 amide bonds. The third-order valence-electron chi connectivity index (χ3n) is 11.2. The van der Waals surface area contributed by atoms with Crippen LogP contribution in [0.15, 0.2) is 47.5 Å². The van der Waals surface area contributed by atoms with Crippen LogP contribution in [-0.4, -0.2) is 50.7 Å². The van der Waals surface area contributed by atoms with Gasteiger partial charge in [0.15, 0.2) is 0 Å². The van der Waals surface area contributed by atoms with E-state index < -0.39 is 11.3 Å². The number of aryl methyl sites for hydroxylation is 1. The number of carbonyl (C=O) groups is 1. The number of carbonyl (C=O) groups excluding carboxylic acids is 1. The van der Waals surface area contributed by atoms with Gasteiger partial charge in [0.05, 0.1) is 11.5 Å². The predicted molar refractivity (Wildman–Crippen MR) is 164 cm³/mol. The molecule has 1 aromatic heterocycles. The van der Waals surface area contributed by atoms with Crippen molar-refractivity contribution in [1.82, 2.24) is 25.4 Å². The Morgan fingerprint density at radius 1 is 1.28 bits per heavy atom. The van der Waals surface area contributed by atoms with Gasteiger partial charge in [-0.25, -0.2) is 9.89 Å².